The van der Waals surface area contributed by atoms with Gasteiger partial charge in [-0.2, -0.15) is 0 Å². The third-order valence-electron chi connectivity index (χ3n) is 5.62. The lowest BCUT2D eigenvalue weighted by Crippen LogP contribution is -2.60. The molecular formula is C17H26N2O. The Bertz CT molecular complexity index is 428. The van der Waals surface area contributed by atoms with Crippen molar-refractivity contribution in [2.24, 2.45) is 11.1 Å². The van der Waals surface area contributed by atoms with Crippen molar-refractivity contribution in [2.75, 3.05) is 19.6 Å². The van der Waals surface area contributed by atoms with Crippen molar-refractivity contribution in [1.82, 2.24) is 4.90 Å². The molecule has 0 bridgehead atoms. The molecule has 110 valence electrons. The SMILES string of the molecule is NCC1(C2(O)CCN(Cc3ccccc3)CC2)CCC1. The summed E-state index contributed by atoms with van der Waals surface area (Å²) in [5.74, 6) is 0. The topological polar surface area (TPSA) is 49.5 Å². The van der Waals surface area contributed by atoms with E-state index in [1.165, 1.54) is 12.0 Å². The fourth-order valence-corrected chi connectivity index (χ4v) is 3.92. The van der Waals surface area contributed by atoms with Gasteiger partial charge in [0.05, 0.1) is 5.60 Å². The van der Waals surface area contributed by atoms with Crippen LogP contribution < -0.4 is 5.73 Å². The third kappa shape index (κ3) is 2.39. The highest BCUT2D eigenvalue weighted by molar-refractivity contribution is 5.15. The van der Waals surface area contributed by atoms with Gasteiger partial charge >= 0.3 is 0 Å². The van der Waals surface area contributed by atoms with E-state index in [1.54, 1.807) is 0 Å². The summed E-state index contributed by atoms with van der Waals surface area (Å²) in [5, 5.41) is 11.0. The number of benzene rings is 1. The number of nitrogens with two attached hydrogens (primary N) is 1. The van der Waals surface area contributed by atoms with Gasteiger partial charge in [-0.1, -0.05) is 36.8 Å². The summed E-state index contributed by atoms with van der Waals surface area (Å²) in [6, 6.07) is 10.6. The molecule has 0 spiro atoms. The molecule has 1 aliphatic carbocycles. The Morgan fingerprint density at radius 1 is 1.05 bits per heavy atom. The van der Waals surface area contributed by atoms with E-state index in [0.717, 1.165) is 45.3 Å². The van der Waals surface area contributed by atoms with E-state index in [-0.39, 0.29) is 5.41 Å². The van der Waals surface area contributed by atoms with E-state index in [2.05, 4.69) is 35.2 Å². The summed E-state index contributed by atoms with van der Waals surface area (Å²) in [4.78, 5) is 2.45. The van der Waals surface area contributed by atoms with E-state index in [0.29, 0.717) is 6.54 Å². The average Bonchev–Trinajstić information content (AvgIpc) is 2.42. The maximum atomic E-state index is 11.0. The summed E-state index contributed by atoms with van der Waals surface area (Å²) >= 11 is 0. The summed E-state index contributed by atoms with van der Waals surface area (Å²) in [6.45, 7) is 3.59. The van der Waals surface area contributed by atoms with Crippen molar-refractivity contribution >= 4 is 0 Å². The molecule has 0 atom stereocenters. The maximum Gasteiger partial charge on any atom is 0.0740 e. The molecule has 0 amide bonds. The standard InChI is InChI=1S/C17H26N2O/c18-14-16(7-4-8-16)17(20)9-11-19(12-10-17)13-15-5-2-1-3-6-15/h1-3,5-6,20H,4,7-14,18H2. The van der Waals surface area contributed by atoms with E-state index >= 15 is 0 Å². The first-order valence-corrected chi connectivity index (χ1v) is 7.86. The monoisotopic (exact) mass is 274 g/mol. The second-order valence-electron chi connectivity index (χ2n) is 6.63. The molecule has 0 aromatic heterocycles. The van der Waals surface area contributed by atoms with Crippen molar-refractivity contribution in [1.29, 1.82) is 0 Å². The van der Waals surface area contributed by atoms with Crippen LogP contribution in [0.4, 0.5) is 0 Å². The second-order valence-corrected chi connectivity index (χ2v) is 6.63. The molecule has 20 heavy (non-hydrogen) atoms. The highest BCUT2D eigenvalue weighted by Gasteiger charge is 2.53. The fourth-order valence-electron chi connectivity index (χ4n) is 3.92. The maximum absolute atomic E-state index is 11.0. The van der Waals surface area contributed by atoms with Gasteiger partial charge in [-0.3, -0.25) is 4.90 Å². The molecule has 3 rings (SSSR count). The smallest absolute Gasteiger partial charge is 0.0740 e. The number of aliphatic hydroxyl groups is 1. The van der Waals surface area contributed by atoms with E-state index < -0.39 is 5.60 Å². The molecule has 1 aromatic carbocycles. The number of nitrogens with zero attached hydrogens (tertiary/aromatic N) is 1. The van der Waals surface area contributed by atoms with E-state index in [9.17, 15) is 5.11 Å². The van der Waals surface area contributed by atoms with Gasteiger partial charge in [0.1, 0.15) is 0 Å². The highest BCUT2D eigenvalue weighted by Crippen LogP contribution is 2.52. The zero-order chi connectivity index (χ0) is 14.1. The van der Waals surface area contributed by atoms with Crippen LogP contribution in [0.2, 0.25) is 0 Å². The Kier molecular flexibility index (Phi) is 3.85. The molecule has 1 aromatic rings. The Morgan fingerprint density at radius 2 is 1.70 bits per heavy atom. The minimum absolute atomic E-state index is 0.0197. The first-order valence-electron chi connectivity index (χ1n) is 7.86. The molecule has 1 saturated heterocycles. The quantitative estimate of drug-likeness (QED) is 0.884. The predicted molar refractivity (Wildman–Crippen MR) is 81.2 cm³/mol. The lowest BCUT2D eigenvalue weighted by atomic mass is 9.56. The van der Waals surface area contributed by atoms with Gasteiger partial charge in [0.2, 0.25) is 0 Å². The van der Waals surface area contributed by atoms with Gasteiger partial charge in [0.15, 0.2) is 0 Å². The summed E-state index contributed by atoms with van der Waals surface area (Å²) in [7, 11) is 0. The molecule has 1 heterocycles. The molecule has 0 radical (unpaired) electrons. The first-order chi connectivity index (χ1) is 9.67. The van der Waals surface area contributed by atoms with E-state index in [4.69, 9.17) is 5.73 Å². The fraction of sp³-hybridized carbons (Fsp3) is 0.647. The molecule has 1 aliphatic heterocycles. The minimum Gasteiger partial charge on any atom is -0.389 e. The van der Waals surface area contributed by atoms with Crippen LogP contribution in [0.25, 0.3) is 0 Å². The van der Waals surface area contributed by atoms with Gasteiger partial charge in [-0.05, 0) is 31.2 Å². The summed E-state index contributed by atoms with van der Waals surface area (Å²) in [6.07, 6.45) is 5.19. The van der Waals surface area contributed by atoms with Gasteiger partial charge in [0.25, 0.3) is 0 Å². The average molecular weight is 274 g/mol. The Labute approximate surface area is 121 Å². The van der Waals surface area contributed by atoms with Crippen LogP contribution in [0.5, 0.6) is 0 Å². The summed E-state index contributed by atoms with van der Waals surface area (Å²) < 4.78 is 0. The summed E-state index contributed by atoms with van der Waals surface area (Å²) in [5.41, 5.74) is 6.83. The largest absolute Gasteiger partial charge is 0.389 e. The van der Waals surface area contributed by atoms with Crippen molar-refractivity contribution in [3.63, 3.8) is 0 Å². The van der Waals surface area contributed by atoms with Crippen LogP contribution in [-0.2, 0) is 6.54 Å². The number of likely N-dealkylation sites (tertiary alicyclic amines) is 1. The number of hydrogen-bond donors (Lipinski definition) is 2. The first kappa shape index (κ1) is 14.1. The Hall–Kier alpha value is -0.900. The van der Waals surface area contributed by atoms with Crippen LogP contribution in [-0.4, -0.2) is 35.2 Å². The van der Waals surface area contributed by atoms with Crippen LogP contribution in [0.1, 0.15) is 37.7 Å². The van der Waals surface area contributed by atoms with Crippen molar-refractivity contribution in [3.05, 3.63) is 35.9 Å². The number of hydrogen-bond acceptors (Lipinski definition) is 3. The van der Waals surface area contributed by atoms with Crippen LogP contribution in [0.3, 0.4) is 0 Å². The molecule has 3 nitrogen and oxygen atoms in total. The Morgan fingerprint density at radius 3 is 2.20 bits per heavy atom. The van der Waals surface area contributed by atoms with Crippen LogP contribution in [0.15, 0.2) is 30.3 Å². The van der Waals surface area contributed by atoms with Gasteiger partial charge in [0, 0.05) is 31.6 Å². The predicted octanol–water partition coefficient (Wildman–Crippen LogP) is 2.14. The van der Waals surface area contributed by atoms with Gasteiger partial charge in [-0.25, -0.2) is 0 Å². The highest BCUT2D eigenvalue weighted by atomic mass is 16.3. The van der Waals surface area contributed by atoms with Crippen molar-refractivity contribution < 1.29 is 5.11 Å². The normalized spacial score (nSPS) is 25.1. The zero-order valence-corrected chi connectivity index (χ0v) is 12.2. The number of rotatable bonds is 4. The molecule has 3 N–H and O–H groups in total. The lowest BCUT2D eigenvalue weighted by Gasteiger charge is -2.55. The number of piperidine rings is 1. The molecule has 1 saturated carbocycles. The van der Waals surface area contributed by atoms with Crippen molar-refractivity contribution in [3.8, 4) is 0 Å². The molecule has 3 heteroatoms. The van der Waals surface area contributed by atoms with Gasteiger partial charge in [-0.15, -0.1) is 0 Å². The molecule has 2 fully saturated rings. The third-order valence-corrected chi connectivity index (χ3v) is 5.62. The zero-order valence-electron chi connectivity index (χ0n) is 12.2. The minimum atomic E-state index is -0.521. The lowest BCUT2D eigenvalue weighted by molar-refractivity contribution is -0.152. The van der Waals surface area contributed by atoms with Crippen LogP contribution >= 0.6 is 0 Å². The van der Waals surface area contributed by atoms with E-state index in [1.807, 2.05) is 0 Å². The Balaban J connectivity index is 1.59. The molecule has 2 aliphatic rings. The molecular weight excluding hydrogens is 248 g/mol. The van der Waals surface area contributed by atoms with Gasteiger partial charge < -0.3 is 10.8 Å². The van der Waals surface area contributed by atoms with Crippen molar-refractivity contribution in [2.45, 2.75) is 44.2 Å². The second kappa shape index (κ2) is 5.47. The molecule has 0 unspecified atom stereocenters. The van der Waals surface area contributed by atoms with Crippen LogP contribution in [0, 0.1) is 5.41 Å².